The molecule has 29 heavy (non-hydrogen) atoms. The van der Waals surface area contributed by atoms with Gasteiger partial charge in [-0.2, -0.15) is 30.4 Å². The summed E-state index contributed by atoms with van der Waals surface area (Å²) >= 11 is 0. The standard InChI is InChI=1S/C15H22F5NO7S/c1-8(2)11(22)28-14(15(18,19)20,12(23)21(9(3)4)10(5)6)27-7-13(16,17)29(24,25)26/h9-10H,1,7H2,2-6H3,(H,24,25,26)/t14-/m1/s1. The highest BCUT2D eigenvalue weighted by molar-refractivity contribution is 7.86. The summed E-state index contributed by atoms with van der Waals surface area (Å²) in [7, 11) is -6.20. The SMILES string of the molecule is C=C(C)C(=O)O[C@](OCC(F)(F)S(=O)(=O)O)(C(=O)N(C(C)C)C(C)C)C(F)(F)F. The molecule has 0 unspecified atom stereocenters. The lowest BCUT2D eigenvalue weighted by Crippen LogP contribution is -2.65. The Hall–Kier alpha value is -1.80. The predicted octanol–water partition coefficient (Wildman–Crippen LogP) is 2.51. The van der Waals surface area contributed by atoms with Gasteiger partial charge in [-0.3, -0.25) is 9.35 Å². The number of hydrogen-bond donors (Lipinski definition) is 1. The average Bonchev–Trinajstić information content (AvgIpc) is 2.47. The van der Waals surface area contributed by atoms with Gasteiger partial charge in [-0.15, -0.1) is 0 Å². The summed E-state index contributed by atoms with van der Waals surface area (Å²) < 4.78 is 107. The molecular weight excluding hydrogens is 433 g/mol. The van der Waals surface area contributed by atoms with Gasteiger partial charge >= 0.3 is 39.2 Å². The molecule has 1 atom stereocenters. The fraction of sp³-hybridized carbons (Fsp3) is 0.733. The largest absolute Gasteiger partial charge is 0.466 e. The third-order valence-electron chi connectivity index (χ3n) is 3.41. The highest BCUT2D eigenvalue weighted by atomic mass is 32.2. The molecule has 0 rings (SSSR count). The van der Waals surface area contributed by atoms with Crippen LogP contribution >= 0.6 is 0 Å². The molecule has 0 aliphatic carbocycles. The van der Waals surface area contributed by atoms with Crippen LogP contribution in [0.1, 0.15) is 34.6 Å². The minimum atomic E-state index is -6.20. The van der Waals surface area contributed by atoms with Crippen LogP contribution in [0.25, 0.3) is 0 Å². The van der Waals surface area contributed by atoms with E-state index in [9.17, 15) is 40.0 Å². The van der Waals surface area contributed by atoms with E-state index in [1.54, 1.807) is 0 Å². The number of nitrogens with zero attached hydrogens (tertiary/aromatic N) is 1. The molecule has 0 heterocycles. The molecule has 0 bridgehead atoms. The fourth-order valence-electron chi connectivity index (χ4n) is 2.11. The molecule has 1 N–H and O–H groups in total. The van der Waals surface area contributed by atoms with Crippen molar-refractivity contribution in [3.63, 3.8) is 0 Å². The first kappa shape index (κ1) is 27.2. The Morgan fingerprint density at radius 3 is 1.76 bits per heavy atom. The van der Waals surface area contributed by atoms with Gasteiger partial charge in [-0.25, -0.2) is 4.79 Å². The van der Waals surface area contributed by atoms with E-state index in [0.29, 0.717) is 4.90 Å². The van der Waals surface area contributed by atoms with Crippen LogP contribution in [-0.2, 0) is 29.2 Å². The Labute approximate surface area is 164 Å². The Kier molecular flexibility index (Phi) is 8.36. The first-order chi connectivity index (χ1) is 12.7. The zero-order valence-corrected chi connectivity index (χ0v) is 17.0. The second-order valence-corrected chi connectivity index (χ2v) is 8.13. The van der Waals surface area contributed by atoms with Crippen LogP contribution in [0.15, 0.2) is 12.2 Å². The van der Waals surface area contributed by atoms with Gasteiger partial charge < -0.3 is 14.4 Å². The topological polar surface area (TPSA) is 110 Å². The monoisotopic (exact) mass is 455 g/mol. The summed E-state index contributed by atoms with van der Waals surface area (Å²) in [6, 6.07) is -1.86. The van der Waals surface area contributed by atoms with E-state index in [4.69, 9.17) is 4.55 Å². The van der Waals surface area contributed by atoms with Crippen LogP contribution in [0.3, 0.4) is 0 Å². The maximum Gasteiger partial charge on any atom is 0.466 e. The van der Waals surface area contributed by atoms with E-state index >= 15 is 0 Å². The number of carbonyl (C=O) groups excluding carboxylic acids is 2. The lowest BCUT2D eigenvalue weighted by molar-refractivity contribution is -0.356. The molecule has 0 radical (unpaired) electrons. The summed E-state index contributed by atoms with van der Waals surface area (Å²) in [5.41, 5.74) is -0.628. The molecule has 0 aromatic rings. The molecule has 0 saturated carbocycles. The molecule has 0 aromatic carbocycles. The van der Waals surface area contributed by atoms with Gasteiger partial charge in [0.2, 0.25) is 0 Å². The average molecular weight is 455 g/mol. The minimum Gasteiger partial charge on any atom is -0.412 e. The Morgan fingerprint density at radius 1 is 1.07 bits per heavy atom. The van der Waals surface area contributed by atoms with Crippen molar-refractivity contribution in [1.82, 2.24) is 4.90 Å². The van der Waals surface area contributed by atoms with Crippen molar-refractivity contribution < 1.29 is 54.0 Å². The number of ether oxygens (including phenoxy) is 2. The van der Waals surface area contributed by atoms with Crippen molar-refractivity contribution in [2.24, 2.45) is 0 Å². The van der Waals surface area contributed by atoms with Gasteiger partial charge in [0.05, 0.1) is 0 Å². The lowest BCUT2D eigenvalue weighted by atomic mass is 10.1. The van der Waals surface area contributed by atoms with Crippen molar-refractivity contribution in [1.29, 1.82) is 0 Å². The first-order valence-corrected chi connectivity index (χ1v) is 9.42. The maximum absolute atomic E-state index is 13.9. The van der Waals surface area contributed by atoms with Crippen LogP contribution in [0, 0.1) is 0 Å². The highest BCUT2D eigenvalue weighted by Gasteiger charge is 2.69. The van der Waals surface area contributed by atoms with Crippen LogP contribution in [0.4, 0.5) is 22.0 Å². The number of esters is 1. The van der Waals surface area contributed by atoms with Crippen molar-refractivity contribution in [3.8, 4) is 0 Å². The highest BCUT2D eigenvalue weighted by Crippen LogP contribution is 2.39. The van der Waals surface area contributed by atoms with E-state index < -0.39 is 63.5 Å². The minimum absolute atomic E-state index is 0.546. The van der Waals surface area contributed by atoms with Crippen molar-refractivity contribution >= 4 is 22.0 Å². The summed E-state index contributed by atoms with van der Waals surface area (Å²) in [6.07, 6.45) is -5.91. The normalized spacial score (nSPS) is 15.2. The second-order valence-electron chi connectivity index (χ2n) is 6.59. The Balaban J connectivity index is 6.61. The van der Waals surface area contributed by atoms with Gasteiger partial charge in [-0.1, -0.05) is 6.58 Å². The summed E-state index contributed by atoms with van der Waals surface area (Å²) in [5, 5.41) is -5.24. The van der Waals surface area contributed by atoms with E-state index in [1.807, 2.05) is 0 Å². The molecule has 1 amide bonds. The quantitative estimate of drug-likeness (QED) is 0.187. The third kappa shape index (κ3) is 6.09. The Bertz CT molecular complexity index is 741. The van der Waals surface area contributed by atoms with Gasteiger partial charge in [-0.05, 0) is 34.6 Å². The van der Waals surface area contributed by atoms with Gasteiger partial charge in [0, 0.05) is 17.7 Å². The number of halogens is 5. The maximum atomic E-state index is 13.9. The smallest absolute Gasteiger partial charge is 0.412 e. The molecule has 0 saturated heterocycles. The molecule has 170 valence electrons. The van der Waals surface area contributed by atoms with E-state index in [-0.39, 0.29) is 0 Å². The zero-order chi connectivity index (χ0) is 23.6. The zero-order valence-electron chi connectivity index (χ0n) is 16.2. The number of alkyl halides is 5. The fourth-order valence-corrected chi connectivity index (χ4v) is 2.32. The van der Waals surface area contributed by atoms with Gasteiger partial charge in [0.1, 0.15) is 6.61 Å². The number of rotatable bonds is 9. The van der Waals surface area contributed by atoms with Crippen LogP contribution in [0.5, 0.6) is 0 Å². The van der Waals surface area contributed by atoms with E-state index in [2.05, 4.69) is 16.1 Å². The molecule has 0 aromatic heterocycles. The second kappa shape index (κ2) is 8.92. The van der Waals surface area contributed by atoms with Crippen LogP contribution in [0.2, 0.25) is 0 Å². The number of amides is 1. The van der Waals surface area contributed by atoms with Crippen LogP contribution < -0.4 is 0 Å². The van der Waals surface area contributed by atoms with E-state index in [0.717, 1.165) is 6.92 Å². The first-order valence-electron chi connectivity index (χ1n) is 7.98. The summed E-state index contributed by atoms with van der Waals surface area (Å²) in [6.45, 7) is 6.52. The molecule has 0 spiro atoms. The molecule has 0 aliphatic rings. The molecule has 14 heteroatoms. The molecule has 0 aliphatic heterocycles. The van der Waals surface area contributed by atoms with Crippen LogP contribution in [-0.4, -0.2) is 65.7 Å². The van der Waals surface area contributed by atoms with Crippen molar-refractivity contribution in [2.45, 2.75) is 63.9 Å². The van der Waals surface area contributed by atoms with Crippen molar-refractivity contribution in [3.05, 3.63) is 12.2 Å². The van der Waals surface area contributed by atoms with Crippen molar-refractivity contribution in [2.75, 3.05) is 6.61 Å². The molecule has 0 fully saturated rings. The predicted molar refractivity (Wildman–Crippen MR) is 89.3 cm³/mol. The molecular formula is C15H22F5NO7S. The summed E-state index contributed by atoms with van der Waals surface area (Å²) in [5.74, 6) is -8.50. The third-order valence-corrected chi connectivity index (χ3v) is 4.28. The number of carbonyl (C=O) groups is 2. The molecule has 8 nitrogen and oxygen atoms in total. The lowest BCUT2D eigenvalue weighted by Gasteiger charge is -2.40. The Morgan fingerprint density at radius 2 is 1.48 bits per heavy atom. The number of hydrogen-bond acceptors (Lipinski definition) is 6. The van der Waals surface area contributed by atoms with Gasteiger partial charge in [0.15, 0.2) is 0 Å². The van der Waals surface area contributed by atoms with Gasteiger partial charge in [0.25, 0.3) is 0 Å². The van der Waals surface area contributed by atoms with E-state index in [1.165, 1.54) is 27.7 Å². The summed E-state index contributed by atoms with van der Waals surface area (Å²) in [4.78, 5) is 25.0.